The minimum atomic E-state index is -5.05. The molecule has 0 aliphatic heterocycles. The van der Waals surface area contributed by atoms with Crippen LogP contribution in [0, 0.1) is 0 Å². The molecule has 90 heavy (non-hydrogen) atoms. The number of fused-ring (bicyclic) bond motifs is 4. The van der Waals surface area contributed by atoms with Crippen molar-refractivity contribution < 1.29 is 50.6 Å². The molecule has 0 fully saturated rings. The van der Waals surface area contributed by atoms with Gasteiger partial charge in [0.1, 0.15) is 66.0 Å². The summed E-state index contributed by atoms with van der Waals surface area (Å²) in [5, 5.41) is 36.0. The number of hydrogen-bond acceptors (Lipinski definition) is 5. The van der Waals surface area contributed by atoms with Crippen LogP contribution in [-0.4, -0.2) is 31.2 Å². The number of hydrogen-bond donors (Lipinski definition) is 0. The van der Waals surface area contributed by atoms with Gasteiger partial charge in [-0.1, -0.05) is 206 Å². The van der Waals surface area contributed by atoms with E-state index in [0.717, 1.165) is 54.2 Å². The van der Waals surface area contributed by atoms with Crippen molar-refractivity contribution in [2.45, 2.75) is 12.4 Å². The quantitative estimate of drug-likeness (QED) is 0.0356. The zero-order valence-corrected chi connectivity index (χ0v) is 49.9. The fraction of sp³-hybridized carbons (Fsp3) is 0.0526. The molecule has 5 nitrogen and oxygen atoms in total. The Morgan fingerprint density at radius 1 is 0.322 bits per heavy atom. The third-order valence-electron chi connectivity index (χ3n) is 15.8. The minimum absolute atomic E-state index is 0.141. The van der Waals surface area contributed by atoms with Crippen molar-refractivity contribution in [2.24, 2.45) is 0 Å². The summed E-state index contributed by atoms with van der Waals surface area (Å²) in [4.78, 5) is 29.3. The zero-order valence-electron chi connectivity index (χ0n) is 48.1. The summed E-state index contributed by atoms with van der Waals surface area (Å²) < 4.78 is 77.5. The highest BCUT2D eigenvalue weighted by atomic mass is 31.2. The molecule has 0 saturated heterocycles. The third-order valence-corrected chi connectivity index (χ3v) is 24.4. The van der Waals surface area contributed by atoms with Gasteiger partial charge in [-0.3, -0.25) is 9.59 Å². The van der Waals surface area contributed by atoms with Gasteiger partial charge in [-0.25, -0.2) is 0 Å². The van der Waals surface area contributed by atoms with Gasteiger partial charge in [0.05, 0.1) is 16.9 Å². The predicted octanol–water partition coefficient (Wildman–Crippen LogP) is 15.1. The molecule has 14 heteroatoms. The fourth-order valence-corrected chi connectivity index (χ4v) is 20.0. The summed E-state index contributed by atoms with van der Waals surface area (Å²) in [5.74, 6) is -0.701. The second-order valence-corrected chi connectivity index (χ2v) is 28.3. The molecular weight excluding hydrogens is 1180 g/mol. The monoisotopic (exact) mass is 1230 g/mol. The average Bonchev–Trinajstić information content (AvgIpc) is 0.807. The van der Waals surface area contributed by atoms with E-state index < -0.39 is 51.1 Å². The van der Waals surface area contributed by atoms with Crippen LogP contribution in [0.15, 0.2) is 309 Å². The Morgan fingerprint density at radius 3 is 0.767 bits per heavy atom. The summed E-state index contributed by atoms with van der Waals surface area (Å²) in [5.41, 5.74) is -1.66. The fourth-order valence-electron chi connectivity index (χ4n) is 11.9. The number of alkyl halides is 6. The van der Waals surface area contributed by atoms with Gasteiger partial charge in [-0.05, 0) is 146 Å². The molecule has 0 radical (unpaired) electrons. The van der Waals surface area contributed by atoms with Crippen molar-refractivity contribution in [3.05, 3.63) is 332 Å². The van der Waals surface area contributed by atoms with Gasteiger partial charge in [0.2, 0.25) is 11.6 Å². The highest BCUT2D eigenvalue weighted by Gasteiger charge is 2.49. The van der Waals surface area contributed by atoms with Crippen molar-refractivity contribution in [2.75, 3.05) is 12.3 Å². The first-order chi connectivity index (χ1) is 43.5. The number of carbonyl (C=O) groups excluding carboxylic acids is 2. The first kappa shape index (κ1) is 62.1. The zero-order chi connectivity index (χ0) is 62.9. The summed E-state index contributed by atoms with van der Waals surface area (Å²) in [6.07, 6.45) is -9.24. The molecule has 0 aliphatic carbocycles. The Kier molecular flexibility index (Phi) is 18.7. The van der Waals surface area contributed by atoms with Crippen LogP contribution in [0.4, 0.5) is 26.3 Å². The molecule has 0 aromatic heterocycles. The van der Waals surface area contributed by atoms with Gasteiger partial charge >= 0.3 is 12.4 Å². The van der Waals surface area contributed by atoms with E-state index in [1.807, 2.05) is 84.9 Å². The lowest BCUT2D eigenvalue weighted by atomic mass is 9.95. The number of rotatable bonds is 14. The lowest BCUT2D eigenvalue weighted by Gasteiger charge is -2.27. The van der Waals surface area contributed by atoms with E-state index in [0.29, 0.717) is 12.3 Å². The molecule has 0 aliphatic rings. The number of halogens is 6. The molecule has 0 amide bonds. The molecule has 13 rings (SSSR count). The summed E-state index contributed by atoms with van der Waals surface area (Å²) in [6, 6.07) is 101. The Morgan fingerprint density at radius 2 is 0.544 bits per heavy atom. The Bertz CT molecular complexity index is 4030. The van der Waals surface area contributed by atoms with Crippen LogP contribution in [0.2, 0.25) is 0 Å². The molecule has 0 unspecified atom stereocenters. The Balaban J connectivity index is 0.000000147. The summed E-state index contributed by atoms with van der Waals surface area (Å²) in [6.45, 7) is 0. The van der Waals surface area contributed by atoms with Crippen molar-refractivity contribution in [3.63, 3.8) is 0 Å². The highest BCUT2D eigenvalue weighted by Crippen LogP contribution is 2.57. The molecule has 13 aromatic carbocycles. The number of benzene rings is 13. The van der Waals surface area contributed by atoms with E-state index in [2.05, 4.69) is 211 Å². The number of carbonyl (C=O) groups is 2. The molecule has 0 N–H and O–H groups in total. The van der Waals surface area contributed by atoms with Crippen molar-refractivity contribution in [1.29, 1.82) is 0 Å². The molecule has 0 saturated carbocycles. The molecular formula is C76H55BF6O5P2. The third kappa shape index (κ3) is 13.3. The van der Waals surface area contributed by atoms with E-state index in [-0.39, 0.29) is 29.8 Å². The maximum absolute atomic E-state index is 14.6. The standard InChI is InChI=1S/2C34H26OP.C8H3BF6O3/c2*35-33(34-31-22-12-10-14-26(31)24-27-15-11-13-23-32(27)34)25-36(28-16-4-1-5-17-28,29-18-6-2-7-19-29)30-20-8-3-9-21-30;10-7(11,12)4-1-5(8(13,14)15)3-6(2-4)18-9(16)17/h2*1-24H,25H2;1-3H/q2*+1;-2. The number of ketones is 2. The molecule has 13 aromatic rings. The Labute approximate surface area is 518 Å². The van der Waals surface area contributed by atoms with Gasteiger partial charge in [-0.15, -0.1) is 0 Å². The van der Waals surface area contributed by atoms with Crippen LogP contribution in [0.3, 0.4) is 0 Å². The SMILES string of the molecule is O=C(C[P+](c1ccccc1)(c1ccccc1)c1ccccc1)c1c2ccccc2cc2ccccc12.O=C(C[P+](c1ccccc1)(c1ccccc1)c1ccccc1)c1c2ccccc2cc2ccccc12.[O-]B([O-])Oc1cc(C(F)(F)F)cc(C(F)(F)F)c1. The van der Waals surface area contributed by atoms with Gasteiger partial charge < -0.3 is 14.7 Å². The van der Waals surface area contributed by atoms with Crippen LogP contribution < -0.4 is 46.5 Å². The van der Waals surface area contributed by atoms with Gasteiger partial charge in [-0.2, -0.15) is 26.3 Å². The van der Waals surface area contributed by atoms with Crippen molar-refractivity contribution in [1.82, 2.24) is 0 Å². The first-order valence-electron chi connectivity index (χ1n) is 28.8. The van der Waals surface area contributed by atoms with Crippen molar-refractivity contribution in [3.8, 4) is 5.75 Å². The van der Waals surface area contributed by atoms with E-state index >= 15 is 0 Å². The van der Waals surface area contributed by atoms with E-state index in [1.54, 1.807) is 0 Å². The maximum Gasteiger partial charge on any atom is 0.416 e. The Hall–Kier alpha value is -9.54. The van der Waals surface area contributed by atoms with Crippen LogP contribution in [0.25, 0.3) is 43.1 Å². The molecule has 0 atom stereocenters. The largest absolute Gasteiger partial charge is 0.860 e. The van der Waals surface area contributed by atoms with Crippen LogP contribution in [0.5, 0.6) is 5.75 Å². The predicted molar refractivity (Wildman–Crippen MR) is 354 cm³/mol. The average molecular weight is 1240 g/mol. The van der Waals surface area contributed by atoms with E-state index in [1.165, 1.54) is 31.8 Å². The van der Waals surface area contributed by atoms with Gasteiger partial charge in [0.15, 0.2) is 0 Å². The van der Waals surface area contributed by atoms with Gasteiger partial charge in [0.25, 0.3) is 0 Å². The lowest BCUT2D eigenvalue weighted by Crippen LogP contribution is -2.50. The summed E-state index contributed by atoms with van der Waals surface area (Å²) in [7, 11) is -7.58. The van der Waals surface area contributed by atoms with Crippen molar-refractivity contribution >= 4 is 108 Å². The van der Waals surface area contributed by atoms with E-state index in [9.17, 15) is 46.0 Å². The molecule has 444 valence electrons. The topological polar surface area (TPSA) is 89.5 Å². The normalized spacial score (nSPS) is 11.7. The maximum atomic E-state index is 14.6. The first-order valence-corrected chi connectivity index (χ1v) is 32.7. The second-order valence-electron chi connectivity index (χ2n) is 21.3. The minimum Gasteiger partial charge on any atom is -0.860 e. The second kappa shape index (κ2) is 27.1. The molecule has 0 bridgehead atoms. The number of Topliss-reactive ketones (excluding diaryl/α,β-unsaturated/α-hetero) is 2. The van der Waals surface area contributed by atoms with Crippen LogP contribution >= 0.6 is 14.5 Å². The smallest absolute Gasteiger partial charge is 0.416 e. The highest BCUT2D eigenvalue weighted by molar-refractivity contribution is 7.96. The molecule has 0 heterocycles. The molecule has 0 spiro atoms. The van der Waals surface area contributed by atoms with E-state index in [4.69, 9.17) is 0 Å². The lowest BCUT2D eigenvalue weighted by molar-refractivity contribution is -0.372. The summed E-state index contributed by atoms with van der Waals surface area (Å²) >= 11 is 0. The van der Waals surface area contributed by atoms with Gasteiger partial charge in [0, 0.05) is 11.1 Å². The van der Waals surface area contributed by atoms with Crippen LogP contribution in [-0.2, 0) is 12.4 Å². The van der Waals surface area contributed by atoms with Crippen LogP contribution in [0.1, 0.15) is 31.8 Å².